The molecule has 4 N–H and O–H groups in total. The number of aromatic nitrogens is 3. The van der Waals surface area contributed by atoms with Gasteiger partial charge in [-0.3, -0.25) is 9.69 Å². The summed E-state index contributed by atoms with van der Waals surface area (Å²) < 4.78 is 0. The van der Waals surface area contributed by atoms with Gasteiger partial charge in [0.25, 0.3) is 0 Å². The summed E-state index contributed by atoms with van der Waals surface area (Å²) in [6.07, 6.45) is 9.44. The molecule has 3 aromatic heterocycles. The highest BCUT2D eigenvalue weighted by Gasteiger charge is 2.25. The molecule has 0 radical (unpaired) electrons. The van der Waals surface area contributed by atoms with E-state index >= 15 is 0 Å². The predicted molar refractivity (Wildman–Crippen MR) is 169 cm³/mol. The van der Waals surface area contributed by atoms with Gasteiger partial charge in [0, 0.05) is 63.0 Å². The molecule has 3 aromatic rings. The Morgan fingerprint density at radius 2 is 2.10 bits per heavy atom. The SMILES string of the molecule is C#CCCCNC(=O)C(=C)CN1CC[C@H](Nc2cc(CN[C@@H](C)C(C)(C)C)cc(Nc3nc4cccnc4s3)n2)C1. The first-order chi connectivity index (χ1) is 19.6. The lowest BCUT2D eigenvalue weighted by Crippen LogP contribution is -2.37. The van der Waals surface area contributed by atoms with E-state index in [-0.39, 0.29) is 17.4 Å². The second-order valence-electron chi connectivity index (χ2n) is 11.7. The monoisotopic (exact) mass is 574 g/mol. The van der Waals surface area contributed by atoms with E-state index in [0.29, 0.717) is 31.1 Å². The molecule has 0 unspecified atom stereocenters. The van der Waals surface area contributed by atoms with Crippen LogP contribution >= 0.6 is 11.3 Å². The number of carbonyl (C=O) groups excluding carboxylic acids is 1. The average molecular weight is 575 g/mol. The van der Waals surface area contributed by atoms with Gasteiger partial charge in [-0.1, -0.05) is 38.7 Å². The molecule has 41 heavy (non-hydrogen) atoms. The van der Waals surface area contributed by atoms with Crippen molar-refractivity contribution in [2.24, 2.45) is 5.41 Å². The molecule has 0 bridgehead atoms. The van der Waals surface area contributed by atoms with E-state index in [0.717, 1.165) is 65.2 Å². The van der Waals surface area contributed by atoms with Crippen LogP contribution in [0.1, 0.15) is 52.5 Å². The number of amides is 1. The smallest absolute Gasteiger partial charge is 0.247 e. The number of nitrogens with one attached hydrogen (secondary N) is 4. The van der Waals surface area contributed by atoms with Crippen LogP contribution < -0.4 is 21.3 Å². The lowest BCUT2D eigenvalue weighted by atomic mass is 9.88. The van der Waals surface area contributed by atoms with Crippen LogP contribution in [0.3, 0.4) is 0 Å². The normalized spacial score (nSPS) is 16.3. The standard InChI is InChI=1S/C31H42N8OS/c1-7-8-9-13-32-28(40)21(2)19-39-15-12-24(20-39)35-26-16-23(18-34-22(3)31(4,5)6)17-27(37-26)38-30-36-25-11-10-14-33-29(25)41-30/h1,10-11,14,16-17,22,24,34H,2,8-9,12-13,15,18-20H2,3-6H3,(H,32,40)(H2,35,36,37,38)/t22-,24-/m0/s1. The number of hydrogen-bond acceptors (Lipinski definition) is 9. The number of anilines is 3. The number of thiazole rings is 1. The summed E-state index contributed by atoms with van der Waals surface area (Å²) in [5, 5.41) is 14.4. The Morgan fingerprint density at radius 3 is 2.85 bits per heavy atom. The maximum absolute atomic E-state index is 12.4. The van der Waals surface area contributed by atoms with Crippen LogP contribution in [-0.2, 0) is 11.3 Å². The van der Waals surface area contributed by atoms with E-state index in [1.54, 1.807) is 6.20 Å². The third kappa shape index (κ3) is 8.98. The molecule has 0 aliphatic carbocycles. The molecule has 1 aliphatic rings. The maximum Gasteiger partial charge on any atom is 0.247 e. The Kier molecular flexibility index (Phi) is 10.3. The van der Waals surface area contributed by atoms with Crippen molar-refractivity contribution in [3.05, 3.63) is 48.2 Å². The van der Waals surface area contributed by atoms with Crippen molar-refractivity contribution in [2.45, 2.75) is 65.6 Å². The molecule has 218 valence electrons. The lowest BCUT2D eigenvalue weighted by molar-refractivity contribution is -0.117. The molecular weight excluding hydrogens is 532 g/mol. The first-order valence-electron chi connectivity index (χ1n) is 14.2. The second-order valence-corrected chi connectivity index (χ2v) is 12.7. The second kappa shape index (κ2) is 13.9. The van der Waals surface area contributed by atoms with Crippen LogP contribution in [-0.4, -0.2) is 64.0 Å². The van der Waals surface area contributed by atoms with Crippen LogP contribution in [0, 0.1) is 17.8 Å². The fourth-order valence-corrected chi connectivity index (χ4v) is 5.31. The van der Waals surface area contributed by atoms with Gasteiger partial charge in [0.05, 0.1) is 0 Å². The van der Waals surface area contributed by atoms with E-state index in [4.69, 9.17) is 11.4 Å². The largest absolute Gasteiger partial charge is 0.366 e. The quantitative estimate of drug-likeness (QED) is 0.129. The number of fused-ring (bicyclic) bond motifs is 1. The summed E-state index contributed by atoms with van der Waals surface area (Å²) in [6, 6.07) is 8.58. The summed E-state index contributed by atoms with van der Waals surface area (Å²) >= 11 is 1.51. The van der Waals surface area contributed by atoms with Crippen LogP contribution in [0.5, 0.6) is 0 Å². The molecule has 0 saturated carbocycles. The van der Waals surface area contributed by atoms with Crippen LogP contribution in [0.4, 0.5) is 16.8 Å². The lowest BCUT2D eigenvalue weighted by Gasteiger charge is -2.28. The summed E-state index contributed by atoms with van der Waals surface area (Å²) in [5.74, 6) is 4.03. The topological polar surface area (TPSA) is 107 Å². The van der Waals surface area contributed by atoms with Crippen LogP contribution in [0.15, 0.2) is 42.6 Å². The number of pyridine rings is 2. The van der Waals surface area contributed by atoms with E-state index in [2.05, 4.69) is 88.5 Å². The van der Waals surface area contributed by atoms with Crippen molar-refractivity contribution in [3.8, 4) is 12.3 Å². The van der Waals surface area contributed by atoms with Crippen molar-refractivity contribution >= 4 is 44.4 Å². The van der Waals surface area contributed by atoms with E-state index in [1.807, 2.05) is 12.1 Å². The predicted octanol–water partition coefficient (Wildman–Crippen LogP) is 4.93. The molecule has 2 atom stereocenters. The molecule has 10 heteroatoms. The number of carbonyl (C=O) groups is 1. The Labute approximate surface area is 247 Å². The highest BCUT2D eigenvalue weighted by atomic mass is 32.1. The number of terminal acetylenes is 1. The summed E-state index contributed by atoms with van der Waals surface area (Å²) in [4.78, 5) is 29.5. The first-order valence-corrected chi connectivity index (χ1v) is 15.0. The number of nitrogens with zero attached hydrogens (tertiary/aromatic N) is 4. The van der Waals surface area contributed by atoms with Gasteiger partial charge in [0.2, 0.25) is 5.91 Å². The fraction of sp³-hybridized carbons (Fsp3) is 0.484. The third-order valence-electron chi connectivity index (χ3n) is 7.34. The average Bonchev–Trinajstić information content (AvgIpc) is 3.54. The Bertz CT molecular complexity index is 1360. The zero-order valence-corrected chi connectivity index (χ0v) is 25.4. The van der Waals surface area contributed by atoms with Gasteiger partial charge >= 0.3 is 0 Å². The minimum absolute atomic E-state index is 0.106. The minimum atomic E-state index is -0.106. The third-order valence-corrected chi connectivity index (χ3v) is 8.24. The zero-order valence-electron chi connectivity index (χ0n) is 24.6. The summed E-state index contributed by atoms with van der Waals surface area (Å²) in [6.45, 7) is 16.5. The van der Waals surface area contributed by atoms with Gasteiger partial charge in [-0.05, 0) is 55.0 Å². The first kappa shape index (κ1) is 30.4. The molecule has 9 nitrogen and oxygen atoms in total. The minimum Gasteiger partial charge on any atom is -0.366 e. The summed E-state index contributed by atoms with van der Waals surface area (Å²) in [7, 11) is 0. The number of rotatable bonds is 13. The van der Waals surface area contributed by atoms with Gasteiger partial charge in [-0.25, -0.2) is 15.0 Å². The van der Waals surface area contributed by atoms with Gasteiger partial charge < -0.3 is 21.3 Å². The molecule has 0 spiro atoms. The van der Waals surface area contributed by atoms with Crippen molar-refractivity contribution in [1.29, 1.82) is 0 Å². The van der Waals surface area contributed by atoms with Gasteiger partial charge in [-0.15, -0.1) is 12.3 Å². The van der Waals surface area contributed by atoms with Gasteiger partial charge in [-0.2, -0.15) is 0 Å². The fourth-order valence-electron chi connectivity index (χ4n) is 4.50. The van der Waals surface area contributed by atoms with Crippen LogP contribution in [0.2, 0.25) is 0 Å². The maximum atomic E-state index is 12.4. The highest BCUT2D eigenvalue weighted by Crippen LogP contribution is 2.28. The van der Waals surface area contributed by atoms with E-state index in [9.17, 15) is 4.79 Å². The molecular formula is C31H42N8OS. The van der Waals surface area contributed by atoms with Crippen molar-refractivity contribution < 1.29 is 4.79 Å². The van der Waals surface area contributed by atoms with Crippen molar-refractivity contribution in [3.63, 3.8) is 0 Å². The molecule has 1 amide bonds. The summed E-state index contributed by atoms with van der Waals surface area (Å²) in [5.41, 5.74) is 2.72. The number of hydrogen-bond donors (Lipinski definition) is 4. The van der Waals surface area contributed by atoms with Crippen molar-refractivity contribution in [1.82, 2.24) is 30.5 Å². The Balaban J connectivity index is 1.41. The Hall–Kier alpha value is -3.52. The highest BCUT2D eigenvalue weighted by molar-refractivity contribution is 7.21. The molecule has 1 aliphatic heterocycles. The molecule has 1 saturated heterocycles. The van der Waals surface area contributed by atoms with Gasteiger partial charge in [0.1, 0.15) is 22.0 Å². The van der Waals surface area contributed by atoms with E-state index in [1.165, 1.54) is 11.3 Å². The van der Waals surface area contributed by atoms with Crippen LogP contribution in [0.25, 0.3) is 10.3 Å². The molecule has 4 rings (SSSR count). The molecule has 4 heterocycles. The molecule has 0 aromatic carbocycles. The van der Waals surface area contributed by atoms with E-state index < -0.39 is 0 Å². The van der Waals surface area contributed by atoms with Gasteiger partial charge in [0.15, 0.2) is 5.13 Å². The Morgan fingerprint density at radius 1 is 1.29 bits per heavy atom. The zero-order chi connectivity index (χ0) is 29.4. The van der Waals surface area contributed by atoms with Crippen molar-refractivity contribution in [2.75, 3.05) is 36.8 Å². The number of unbranched alkanes of at least 4 members (excludes halogenated alkanes) is 1. The molecule has 1 fully saturated rings. The number of likely N-dealkylation sites (tertiary alicyclic amines) is 1.